The van der Waals surface area contributed by atoms with E-state index in [0.717, 1.165) is 16.8 Å². The quantitative estimate of drug-likeness (QED) is 0.476. The molecule has 146 valence electrons. The Balaban J connectivity index is 1.94. The van der Waals surface area contributed by atoms with Gasteiger partial charge in [0.1, 0.15) is 12.1 Å². The zero-order chi connectivity index (χ0) is 19.8. The number of carbonyl (C=O) groups is 3. The molecule has 1 amide bonds. The van der Waals surface area contributed by atoms with Gasteiger partial charge >= 0.3 is 11.9 Å². The predicted octanol–water partition coefficient (Wildman–Crippen LogP) is 1.13. The first-order valence-corrected chi connectivity index (χ1v) is 8.89. The number of nitrogens with one attached hydrogen (secondary N) is 2. The van der Waals surface area contributed by atoms with Crippen LogP contribution in [0.5, 0.6) is 0 Å². The lowest BCUT2D eigenvalue weighted by molar-refractivity contribution is -0.145. The Morgan fingerprint density at radius 2 is 2.07 bits per heavy atom. The van der Waals surface area contributed by atoms with Crippen LogP contribution >= 0.6 is 0 Å². The first-order chi connectivity index (χ1) is 12.9. The standard InChI is InChI=1S/C19H25N3O5/c1-2-27-19(26)14(20)7-8-17(23)22-16(18(24)25)11-12-9-10-21-15-6-4-3-5-13(12)15/h3-6,9,14,16,21H,2,7-8,10-11,20H2,1H3,(H,22,23)(H,24,25)/t14-,16-/m1/s1. The normalized spacial score (nSPS) is 14.8. The smallest absolute Gasteiger partial charge is 0.326 e. The molecule has 0 radical (unpaired) electrons. The summed E-state index contributed by atoms with van der Waals surface area (Å²) in [7, 11) is 0. The van der Waals surface area contributed by atoms with Crippen LogP contribution in [0.4, 0.5) is 5.69 Å². The van der Waals surface area contributed by atoms with E-state index in [2.05, 4.69) is 10.6 Å². The van der Waals surface area contributed by atoms with Crippen molar-refractivity contribution in [3.05, 3.63) is 35.9 Å². The van der Waals surface area contributed by atoms with Gasteiger partial charge < -0.3 is 26.2 Å². The van der Waals surface area contributed by atoms with E-state index in [1.165, 1.54) is 0 Å². The molecule has 1 aliphatic heterocycles. The third kappa shape index (κ3) is 5.82. The monoisotopic (exact) mass is 375 g/mol. The second-order valence-electron chi connectivity index (χ2n) is 6.22. The van der Waals surface area contributed by atoms with E-state index in [1.54, 1.807) is 6.92 Å². The average Bonchev–Trinajstić information content (AvgIpc) is 2.65. The minimum absolute atomic E-state index is 0.0546. The van der Waals surface area contributed by atoms with Crippen LogP contribution in [0.15, 0.2) is 30.3 Å². The number of ether oxygens (including phenoxy) is 1. The van der Waals surface area contributed by atoms with Crippen LogP contribution in [0.25, 0.3) is 5.57 Å². The van der Waals surface area contributed by atoms with Crippen molar-refractivity contribution in [2.45, 2.75) is 38.3 Å². The fourth-order valence-electron chi connectivity index (χ4n) is 2.84. The third-order valence-corrected chi connectivity index (χ3v) is 4.24. The summed E-state index contributed by atoms with van der Waals surface area (Å²) < 4.78 is 4.79. The van der Waals surface area contributed by atoms with Crippen molar-refractivity contribution in [2.24, 2.45) is 5.73 Å². The second-order valence-corrected chi connectivity index (χ2v) is 6.22. The molecule has 0 saturated heterocycles. The molecule has 0 unspecified atom stereocenters. The number of benzene rings is 1. The molecule has 5 N–H and O–H groups in total. The van der Waals surface area contributed by atoms with Crippen molar-refractivity contribution in [2.75, 3.05) is 18.5 Å². The number of esters is 1. The van der Waals surface area contributed by atoms with Crippen LogP contribution in [-0.2, 0) is 19.1 Å². The number of rotatable bonds is 9. The molecule has 1 aliphatic rings. The number of aliphatic carboxylic acids is 1. The van der Waals surface area contributed by atoms with Crippen molar-refractivity contribution in [3.63, 3.8) is 0 Å². The molecular formula is C19H25N3O5. The van der Waals surface area contributed by atoms with Gasteiger partial charge in [-0.25, -0.2) is 4.79 Å². The summed E-state index contributed by atoms with van der Waals surface area (Å²) in [6.07, 6.45) is 2.12. The number of para-hydroxylation sites is 1. The topological polar surface area (TPSA) is 131 Å². The molecule has 0 aliphatic carbocycles. The molecule has 1 aromatic rings. The summed E-state index contributed by atoms with van der Waals surface area (Å²) in [6.45, 7) is 2.48. The van der Waals surface area contributed by atoms with Gasteiger partial charge in [-0.15, -0.1) is 0 Å². The van der Waals surface area contributed by atoms with Crippen LogP contribution in [0.3, 0.4) is 0 Å². The molecule has 2 atom stereocenters. The Morgan fingerprint density at radius 1 is 1.33 bits per heavy atom. The Morgan fingerprint density at radius 3 is 2.78 bits per heavy atom. The third-order valence-electron chi connectivity index (χ3n) is 4.24. The van der Waals surface area contributed by atoms with E-state index < -0.39 is 29.9 Å². The Kier molecular flexibility index (Phi) is 7.36. The maximum absolute atomic E-state index is 12.1. The predicted molar refractivity (Wildman–Crippen MR) is 101 cm³/mol. The lowest BCUT2D eigenvalue weighted by Gasteiger charge is -2.22. The molecule has 8 heteroatoms. The summed E-state index contributed by atoms with van der Waals surface area (Å²) in [6, 6.07) is 5.65. The molecule has 0 aromatic heterocycles. The number of fused-ring (bicyclic) bond motifs is 1. The van der Waals surface area contributed by atoms with E-state index >= 15 is 0 Å². The van der Waals surface area contributed by atoms with Gasteiger partial charge in [0.2, 0.25) is 5.91 Å². The number of nitrogens with two attached hydrogens (primary N) is 1. The van der Waals surface area contributed by atoms with Crippen molar-refractivity contribution >= 4 is 29.1 Å². The first kappa shape index (κ1) is 20.4. The largest absolute Gasteiger partial charge is 0.480 e. The summed E-state index contributed by atoms with van der Waals surface area (Å²) in [5, 5.41) is 15.2. The number of amides is 1. The molecule has 0 saturated carbocycles. The minimum atomic E-state index is -1.12. The fourth-order valence-corrected chi connectivity index (χ4v) is 2.84. The summed E-state index contributed by atoms with van der Waals surface area (Å²) in [5.41, 5.74) is 8.38. The lowest BCUT2D eigenvalue weighted by Crippen LogP contribution is -2.42. The minimum Gasteiger partial charge on any atom is -0.480 e. The SMILES string of the molecule is CCOC(=O)[C@H](N)CCC(=O)N[C@H](CC1=CCNc2ccccc21)C(=O)O. The van der Waals surface area contributed by atoms with Crippen molar-refractivity contribution in [1.82, 2.24) is 5.32 Å². The summed E-state index contributed by atoms with van der Waals surface area (Å²) in [5.74, 6) is -2.16. The van der Waals surface area contributed by atoms with Gasteiger partial charge in [-0.1, -0.05) is 24.3 Å². The molecule has 0 spiro atoms. The maximum Gasteiger partial charge on any atom is 0.326 e. The summed E-state index contributed by atoms with van der Waals surface area (Å²) in [4.78, 5) is 35.2. The van der Waals surface area contributed by atoms with Crippen LogP contribution < -0.4 is 16.4 Å². The van der Waals surface area contributed by atoms with E-state index in [-0.39, 0.29) is 25.9 Å². The molecule has 1 aromatic carbocycles. The highest BCUT2D eigenvalue weighted by atomic mass is 16.5. The maximum atomic E-state index is 12.1. The lowest BCUT2D eigenvalue weighted by atomic mass is 9.94. The van der Waals surface area contributed by atoms with Crippen LogP contribution in [0, 0.1) is 0 Å². The molecule has 27 heavy (non-hydrogen) atoms. The first-order valence-electron chi connectivity index (χ1n) is 8.89. The van der Waals surface area contributed by atoms with Gasteiger partial charge in [0, 0.05) is 30.6 Å². The van der Waals surface area contributed by atoms with E-state index in [4.69, 9.17) is 10.5 Å². The van der Waals surface area contributed by atoms with Crippen LogP contribution in [0.1, 0.15) is 31.7 Å². The van der Waals surface area contributed by atoms with Crippen LogP contribution in [-0.4, -0.2) is 48.2 Å². The van der Waals surface area contributed by atoms with Gasteiger partial charge in [-0.3, -0.25) is 9.59 Å². The highest BCUT2D eigenvalue weighted by Crippen LogP contribution is 2.30. The van der Waals surface area contributed by atoms with Gasteiger partial charge in [0.05, 0.1) is 6.61 Å². The Labute approximate surface area is 157 Å². The van der Waals surface area contributed by atoms with E-state index in [0.29, 0.717) is 6.54 Å². The zero-order valence-electron chi connectivity index (χ0n) is 15.2. The molecule has 8 nitrogen and oxygen atoms in total. The van der Waals surface area contributed by atoms with Crippen molar-refractivity contribution < 1.29 is 24.2 Å². The second kappa shape index (κ2) is 9.72. The molecular weight excluding hydrogens is 350 g/mol. The number of carboxylic acid groups (broad SMARTS) is 1. The molecule has 0 bridgehead atoms. The summed E-state index contributed by atoms with van der Waals surface area (Å²) >= 11 is 0. The highest BCUT2D eigenvalue weighted by molar-refractivity contribution is 5.87. The van der Waals surface area contributed by atoms with Gasteiger partial charge in [-0.2, -0.15) is 0 Å². The van der Waals surface area contributed by atoms with Gasteiger partial charge in [-0.05, 0) is 25.0 Å². The zero-order valence-corrected chi connectivity index (χ0v) is 15.2. The fraction of sp³-hybridized carbons (Fsp3) is 0.421. The van der Waals surface area contributed by atoms with Gasteiger partial charge in [0.15, 0.2) is 0 Å². The number of carboxylic acids is 1. The van der Waals surface area contributed by atoms with Crippen molar-refractivity contribution in [1.29, 1.82) is 0 Å². The number of anilines is 1. The Hall–Kier alpha value is -2.87. The average molecular weight is 375 g/mol. The van der Waals surface area contributed by atoms with E-state index in [9.17, 15) is 19.5 Å². The Bertz CT molecular complexity index is 732. The molecule has 0 fully saturated rings. The number of hydrogen-bond donors (Lipinski definition) is 4. The number of carbonyl (C=O) groups excluding carboxylic acids is 2. The molecule has 2 rings (SSSR count). The van der Waals surface area contributed by atoms with Crippen LogP contribution in [0.2, 0.25) is 0 Å². The molecule has 1 heterocycles. The highest BCUT2D eigenvalue weighted by Gasteiger charge is 2.24. The van der Waals surface area contributed by atoms with E-state index in [1.807, 2.05) is 30.3 Å². The van der Waals surface area contributed by atoms with Crippen molar-refractivity contribution in [3.8, 4) is 0 Å². The number of hydrogen-bond acceptors (Lipinski definition) is 6. The van der Waals surface area contributed by atoms with Gasteiger partial charge in [0.25, 0.3) is 0 Å².